The molecule has 0 saturated carbocycles. The Kier molecular flexibility index (Phi) is 13.0. The van der Waals surface area contributed by atoms with Crippen molar-refractivity contribution in [3.63, 3.8) is 0 Å². The van der Waals surface area contributed by atoms with Crippen LogP contribution in [0.1, 0.15) is 44.2 Å². The lowest BCUT2D eigenvalue weighted by Gasteiger charge is -2.37. The van der Waals surface area contributed by atoms with Crippen LogP contribution >= 0.6 is 0 Å². The van der Waals surface area contributed by atoms with Gasteiger partial charge in [0.15, 0.2) is 5.66 Å². The minimum absolute atomic E-state index is 0.0464. The summed E-state index contributed by atoms with van der Waals surface area (Å²) in [5, 5.41) is 8.50. The number of ether oxygens (including phenoxy) is 2. The lowest BCUT2D eigenvalue weighted by Crippen LogP contribution is -2.71. The second kappa shape index (κ2) is 16.6. The van der Waals surface area contributed by atoms with E-state index in [-0.39, 0.29) is 37.6 Å². The Bertz CT molecular complexity index is 1150. The highest BCUT2D eigenvalue weighted by Crippen LogP contribution is 2.18. The van der Waals surface area contributed by atoms with Crippen LogP contribution in [0.2, 0.25) is 0 Å². The third-order valence-corrected chi connectivity index (χ3v) is 7.06. The van der Waals surface area contributed by atoms with Gasteiger partial charge in [0, 0.05) is 32.4 Å². The number of benzene rings is 2. The molecule has 2 aromatic carbocycles. The summed E-state index contributed by atoms with van der Waals surface area (Å²) in [6.45, 7) is 6.06. The largest absolute Gasteiger partial charge is 0.467 e. The maximum absolute atomic E-state index is 14.1. The quantitative estimate of drug-likeness (QED) is 0.218. The van der Waals surface area contributed by atoms with Gasteiger partial charge in [-0.25, -0.2) is 4.79 Å². The maximum Gasteiger partial charge on any atom is 0.328 e. The van der Waals surface area contributed by atoms with Crippen molar-refractivity contribution in [1.29, 1.82) is 0 Å². The number of morpholine rings is 1. The molecule has 0 radical (unpaired) electrons. The van der Waals surface area contributed by atoms with E-state index in [1.165, 1.54) is 7.11 Å². The summed E-state index contributed by atoms with van der Waals surface area (Å²) < 4.78 is 10.4. The van der Waals surface area contributed by atoms with Crippen LogP contribution in [-0.4, -0.2) is 80.3 Å². The van der Waals surface area contributed by atoms with Gasteiger partial charge in [-0.05, 0) is 29.9 Å². The minimum atomic E-state index is -1.77. The summed E-state index contributed by atoms with van der Waals surface area (Å²) in [7, 11) is 1.26. The van der Waals surface area contributed by atoms with Gasteiger partial charge < -0.3 is 25.4 Å². The average molecular weight is 581 g/mol. The van der Waals surface area contributed by atoms with E-state index in [0.29, 0.717) is 39.1 Å². The van der Waals surface area contributed by atoms with Gasteiger partial charge in [-0.15, -0.1) is 0 Å². The highest BCUT2D eigenvalue weighted by Gasteiger charge is 2.43. The molecule has 10 heteroatoms. The predicted octanol–water partition coefficient (Wildman–Crippen LogP) is 2.22. The molecule has 1 fully saturated rings. The summed E-state index contributed by atoms with van der Waals surface area (Å²) in [6.07, 6.45) is 1.73. The smallest absolute Gasteiger partial charge is 0.328 e. The highest BCUT2D eigenvalue weighted by atomic mass is 16.5. The molecule has 0 aliphatic carbocycles. The predicted molar refractivity (Wildman–Crippen MR) is 159 cm³/mol. The molecule has 1 heterocycles. The summed E-state index contributed by atoms with van der Waals surface area (Å²) in [4.78, 5) is 55.4. The average Bonchev–Trinajstić information content (AvgIpc) is 2.97. The Labute approximate surface area is 248 Å². The molecular formula is C32H44N4O6. The molecule has 1 aliphatic rings. The zero-order valence-electron chi connectivity index (χ0n) is 24.9. The van der Waals surface area contributed by atoms with E-state index in [0.717, 1.165) is 11.1 Å². The van der Waals surface area contributed by atoms with Crippen molar-refractivity contribution in [2.24, 2.45) is 5.92 Å². The van der Waals surface area contributed by atoms with Crippen LogP contribution in [0.15, 0.2) is 60.7 Å². The van der Waals surface area contributed by atoms with Crippen LogP contribution in [0, 0.1) is 5.92 Å². The van der Waals surface area contributed by atoms with E-state index in [2.05, 4.69) is 16.0 Å². The SMILES string of the molecule is COC(=O)[C@H](Cc1ccccc1)NC(=O)[C@](CC(C)C)(NC(=O)CCCc1ccccc1)NC(=O)CN1CCOCC1. The summed E-state index contributed by atoms with van der Waals surface area (Å²) >= 11 is 0. The van der Waals surface area contributed by atoms with E-state index in [4.69, 9.17) is 9.47 Å². The van der Waals surface area contributed by atoms with Gasteiger partial charge in [-0.1, -0.05) is 74.5 Å². The molecular weight excluding hydrogens is 536 g/mol. The summed E-state index contributed by atoms with van der Waals surface area (Å²) in [5.41, 5.74) is 0.158. The summed E-state index contributed by atoms with van der Waals surface area (Å²) in [6, 6.07) is 18.1. The van der Waals surface area contributed by atoms with Gasteiger partial charge in [0.05, 0.1) is 26.9 Å². The normalized spacial score (nSPS) is 15.7. The second-order valence-electron chi connectivity index (χ2n) is 11.1. The molecule has 2 aromatic rings. The Hall–Kier alpha value is -3.76. The zero-order valence-corrected chi connectivity index (χ0v) is 24.9. The Morgan fingerprint density at radius 2 is 1.50 bits per heavy atom. The lowest BCUT2D eigenvalue weighted by molar-refractivity contribution is -0.147. The number of nitrogens with zero attached hydrogens (tertiary/aromatic N) is 1. The third-order valence-electron chi connectivity index (χ3n) is 7.06. The fraction of sp³-hybridized carbons (Fsp3) is 0.500. The Morgan fingerprint density at radius 1 is 0.905 bits per heavy atom. The molecule has 0 unspecified atom stereocenters. The fourth-order valence-electron chi connectivity index (χ4n) is 5.06. The van der Waals surface area contributed by atoms with E-state index >= 15 is 0 Å². The molecule has 0 aromatic heterocycles. The van der Waals surface area contributed by atoms with Crippen LogP contribution in [0.4, 0.5) is 0 Å². The van der Waals surface area contributed by atoms with Crippen molar-refractivity contribution in [3.8, 4) is 0 Å². The van der Waals surface area contributed by atoms with E-state index in [1.807, 2.05) is 79.4 Å². The first-order valence-electron chi connectivity index (χ1n) is 14.6. The number of amides is 3. The summed E-state index contributed by atoms with van der Waals surface area (Å²) in [5.74, 6) is -2.16. The van der Waals surface area contributed by atoms with Crippen molar-refractivity contribution in [1.82, 2.24) is 20.9 Å². The molecule has 0 spiro atoms. The fourth-order valence-corrected chi connectivity index (χ4v) is 5.06. The molecule has 2 atom stereocenters. The number of rotatable bonds is 15. The van der Waals surface area contributed by atoms with Crippen LogP contribution in [0.3, 0.4) is 0 Å². The molecule has 3 amide bonds. The van der Waals surface area contributed by atoms with Gasteiger partial charge in [-0.2, -0.15) is 0 Å². The van der Waals surface area contributed by atoms with Crippen molar-refractivity contribution in [3.05, 3.63) is 71.8 Å². The van der Waals surface area contributed by atoms with Crippen molar-refractivity contribution < 1.29 is 28.7 Å². The molecule has 1 aliphatic heterocycles. The first-order valence-corrected chi connectivity index (χ1v) is 14.6. The number of methoxy groups -OCH3 is 1. The van der Waals surface area contributed by atoms with Crippen LogP contribution < -0.4 is 16.0 Å². The molecule has 1 saturated heterocycles. The van der Waals surface area contributed by atoms with Crippen molar-refractivity contribution >= 4 is 23.7 Å². The van der Waals surface area contributed by atoms with Crippen LogP contribution in [-0.2, 0) is 41.5 Å². The number of hydrogen-bond donors (Lipinski definition) is 3. The van der Waals surface area contributed by atoms with Crippen molar-refractivity contribution in [2.45, 2.75) is 57.7 Å². The topological polar surface area (TPSA) is 126 Å². The number of aryl methyl sites for hydroxylation is 1. The maximum atomic E-state index is 14.1. The molecule has 10 nitrogen and oxygen atoms in total. The molecule has 3 N–H and O–H groups in total. The van der Waals surface area contributed by atoms with E-state index < -0.39 is 29.5 Å². The van der Waals surface area contributed by atoms with Crippen molar-refractivity contribution in [2.75, 3.05) is 40.0 Å². The van der Waals surface area contributed by atoms with Crippen LogP contribution in [0.25, 0.3) is 0 Å². The third kappa shape index (κ3) is 10.6. The van der Waals surface area contributed by atoms with E-state index in [1.54, 1.807) is 0 Å². The number of esters is 1. The lowest BCUT2D eigenvalue weighted by atomic mass is 9.94. The standard InChI is InChI=1S/C32H44N4O6/c1-24(2)22-32(35-29(38)23-36-17-19-42-20-18-36,34-28(37)16-10-15-25-11-6-4-7-12-25)31(40)33-27(30(39)41-3)21-26-13-8-5-9-14-26/h4-9,11-14,24,27H,10,15-23H2,1-3H3,(H,33,40)(H,34,37)(H,35,38)/t27-,32+/m0/s1. The zero-order chi connectivity index (χ0) is 30.4. The number of hydrogen-bond acceptors (Lipinski definition) is 7. The minimum Gasteiger partial charge on any atom is -0.467 e. The van der Waals surface area contributed by atoms with Gasteiger partial charge in [0.2, 0.25) is 11.8 Å². The highest BCUT2D eigenvalue weighted by molar-refractivity contribution is 5.97. The Balaban J connectivity index is 1.83. The molecule has 228 valence electrons. The monoisotopic (exact) mass is 580 g/mol. The number of carbonyl (C=O) groups excluding carboxylic acids is 4. The molecule has 0 bridgehead atoms. The van der Waals surface area contributed by atoms with Gasteiger partial charge in [-0.3, -0.25) is 19.3 Å². The Morgan fingerprint density at radius 3 is 2.10 bits per heavy atom. The van der Waals surface area contributed by atoms with Crippen LogP contribution in [0.5, 0.6) is 0 Å². The van der Waals surface area contributed by atoms with Gasteiger partial charge in [0.25, 0.3) is 5.91 Å². The van der Waals surface area contributed by atoms with Gasteiger partial charge in [0.1, 0.15) is 6.04 Å². The molecule has 3 rings (SSSR count). The number of carbonyl (C=O) groups is 4. The molecule has 42 heavy (non-hydrogen) atoms. The first-order chi connectivity index (χ1) is 20.2. The number of nitrogens with one attached hydrogen (secondary N) is 3. The first kappa shape index (κ1) is 32.8. The van der Waals surface area contributed by atoms with Gasteiger partial charge >= 0.3 is 5.97 Å². The second-order valence-corrected chi connectivity index (χ2v) is 11.1. The van der Waals surface area contributed by atoms with E-state index in [9.17, 15) is 19.2 Å².